The van der Waals surface area contributed by atoms with E-state index in [0.29, 0.717) is 0 Å². The quantitative estimate of drug-likeness (QED) is 0.226. The Bertz CT molecular complexity index is 942. The van der Waals surface area contributed by atoms with Crippen molar-refractivity contribution in [2.75, 3.05) is 13.2 Å². The summed E-state index contributed by atoms with van der Waals surface area (Å²) < 4.78 is 195. The molecule has 16 heteroatoms. The lowest BCUT2D eigenvalue weighted by Gasteiger charge is -2.26. The van der Waals surface area contributed by atoms with Gasteiger partial charge < -0.3 is 9.47 Å². The summed E-state index contributed by atoms with van der Waals surface area (Å²) >= 11 is 0. The first-order chi connectivity index (χ1) is 15.5. The number of halogens is 14. The molecular weight excluding hydrogens is 514 g/mol. The Kier molecular flexibility index (Phi) is 8.07. The van der Waals surface area contributed by atoms with E-state index in [1.807, 2.05) is 0 Å². The van der Waals surface area contributed by atoms with Gasteiger partial charge in [-0.2, -0.15) is 17.6 Å². The molecule has 0 heterocycles. The molecule has 0 radical (unpaired) electrons. The van der Waals surface area contributed by atoms with Crippen LogP contribution in [0.5, 0.6) is 0 Å². The predicted molar refractivity (Wildman–Crippen MR) is 81.7 cm³/mol. The van der Waals surface area contributed by atoms with Crippen molar-refractivity contribution in [2.45, 2.75) is 25.1 Å². The molecule has 2 nitrogen and oxygen atoms in total. The van der Waals surface area contributed by atoms with Crippen LogP contribution < -0.4 is 0 Å². The van der Waals surface area contributed by atoms with Crippen LogP contribution in [0.25, 0.3) is 0 Å². The van der Waals surface area contributed by atoms with Gasteiger partial charge in [0.05, 0.1) is 24.3 Å². The maximum Gasteiger partial charge on any atom is 0.335 e. The van der Waals surface area contributed by atoms with Crippen molar-refractivity contribution < 1.29 is 70.9 Å². The Morgan fingerprint density at radius 2 is 0.588 bits per heavy atom. The van der Waals surface area contributed by atoms with Gasteiger partial charge >= 0.3 is 11.8 Å². The Hall–Kier alpha value is -2.62. The molecule has 34 heavy (non-hydrogen) atoms. The monoisotopic (exact) mass is 522 g/mol. The Balaban J connectivity index is 2.06. The summed E-state index contributed by atoms with van der Waals surface area (Å²) in [7, 11) is 0. The van der Waals surface area contributed by atoms with Crippen molar-refractivity contribution in [1.82, 2.24) is 0 Å². The fourth-order valence-corrected chi connectivity index (χ4v) is 2.33. The Labute approximate surface area is 179 Å². The van der Waals surface area contributed by atoms with Crippen LogP contribution in [-0.2, 0) is 22.7 Å². The fourth-order valence-electron chi connectivity index (χ4n) is 2.33. The molecule has 0 saturated carbocycles. The maximum absolute atomic E-state index is 13.7. The molecule has 0 aliphatic heterocycles. The standard InChI is InChI=1S/C18H8F14O2/c19-7-5(8(20)12(24)15(27)11(7)23)1-33-3-17(29,30)18(31,32)4-34-2-6-9(21)13(25)16(28)14(26)10(6)22/h1-4H2. The number of hydrogen-bond acceptors (Lipinski definition) is 2. The summed E-state index contributed by atoms with van der Waals surface area (Å²) in [5, 5.41) is 0. The van der Waals surface area contributed by atoms with Crippen LogP contribution in [0, 0.1) is 58.2 Å². The van der Waals surface area contributed by atoms with Gasteiger partial charge in [-0.25, -0.2) is 43.9 Å². The van der Waals surface area contributed by atoms with Crippen LogP contribution in [0.2, 0.25) is 0 Å². The van der Waals surface area contributed by atoms with Crippen LogP contribution >= 0.6 is 0 Å². The van der Waals surface area contributed by atoms with E-state index in [1.165, 1.54) is 0 Å². The van der Waals surface area contributed by atoms with E-state index in [2.05, 4.69) is 9.47 Å². The van der Waals surface area contributed by atoms with E-state index in [0.717, 1.165) is 0 Å². The maximum atomic E-state index is 13.7. The van der Waals surface area contributed by atoms with E-state index in [4.69, 9.17) is 0 Å². The Morgan fingerprint density at radius 3 is 0.824 bits per heavy atom. The molecule has 0 N–H and O–H groups in total. The normalized spacial score (nSPS) is 12.5. The second-order valence-corrected chi connectivity index (χ2v) is 6.49. The molecule has 0 fully saturated rings. The highest BCUT2D eigenvalue weighted by atomic mass is 19.3. The molecule has 190 valence electrons. The molecule has 2 aromatic carbocycles. The number of hydrogen-bond donors (Lipinski definition) is 0. The van der Waals surface area contributed by atoms with Gasteiger partial charge in [-0.05, 0) is 0 Å². The molecule has 0 saturated heterocycles. The van der Waals surface area contributed by atoms with Gasteiger partial charge in [-0.1, -0.05) is 0 Å². The highest BCUT2D eigenvalue weighted by molar-refractivity contribution is 5.24. The summed E-state index contributed by atoms with van der Waals surface area (Å²) in [4.78, 5) is 0. The summed E-state index contributed by atoms with van der Waals surface area (Å²) in [6.07, 6.45) is 0. The van der Waals surface area contributed by atoms with Gasteiger partial charge in [0.25, 0.3) is 0 Å². The zero-order valence-corrected chi connectivity index (χ0v) is 15.9. The van der Waals surface area contributed by atoms with Gasteiger partial charge in [0.2, 0.25) is 11.6 Å². The molecular formula is C18H8F14O2. The lowest BCUT2D eigenvalue weighted by Crippen LogP contribution is -2.47. The third kappa shape index (κ3) is 5.06. The molecule has 2 aromatic rings. The minimum Gasteiger partial charge on any atom is -0.370 e. The summed E-state index contributed by atoms with van der Waals surface area (Å²) in [6, 6.07) is 0. The van der Waals surface area contributed by atoms with Gasteiger partial charge in [0.15, 0.2) is 46.5 Å². The third-order valence-electron chi connectivity index (χ3n) is 4.20. The molecule has 0 spiro atoms. The van der Waals surface area contributed by atoms with Gasteiger partial charge in [0.1, 0.15) is 13.2 Å². The van der Waals surface area contributed by atoms with Crippen molar-refractivity contribution in [3.05, 3.63) is 69.3 Å². The van der Waals surface area contributed by atoms with Crippen molar-refractivity contribution in [3.63, 3.8) is 0 Å². The minimum absolute atomic E-state index is 1.74. The first-order valence-corrected chi connectivity index (χ1v) is 8.46. The number of rotatable bonds is 9. The largest absolute Gasteiger partial charge is 0.370 e. The second-order valence-electron chi connectivity index (χ2n) is 6.49. The van der Waals surface area contributed by atoms with Gasteiger partial charge in [-0.3, -0.25) is 0 Å². The van der Waals surface area contributed by atoms with Crippen molar-refractivity contribution >= 4 is 0 Å². The van der Waals surface area contributed by atoms with E-state index in [-0.39, 0.29) is 0 Å². The van der Waals surface area contributed by atoms with E-state index < -0.39 is 108 Å². The fraction of sp³-hybridized carbons (Fsp3) is 0.333. The zero-order valence-electron chi connectivity index (χ0n) is 15.9. The van der Waals surface area contributed by atoms with Crippen LogP contribution in [0.3, 0.4) is 0 Å². The number of ether oxygens (including phenoxy) is 2. The van der Waals surface area contributed by atoms with Crippen molar-refractivity contribution in [1.29, 1.82) is 0 Å². The van der Waals surface area contributed by atoms with Gasteiger partial charge in [-0.15, -0.1) is 0 Å². The lowest BCUT2D eigenvalue weighted by atomic mass is 10.1. The molecule has 0 bridgehead atoms. The highest BCUT2D eigenvalue weighted by Crippen LogP contribution is 2.36. The number of benzene rings is 2. The molecule has 0 aliphatic rings. The second kappa shape index (κ2) is 9.93. The number of alkyl halides is 4. The molecule has 2 rings (SSSR count). The average Bonchev–Trinajstić information content (AvgIpc) is 2.78. The van der Waals surface area contributed by atoms with Crippen LogP contribution in [0.1, 0.15) is 11.1 Å². The van der Waals surface area contributed by atoms with Crippen LogP contribution in [-0.4, -0.2) is 25.1 Å². The topological polar surface area (TPSA) is 18.5 Å². The third-order valence-corrected chi connectivity index (χ3v) is 4.20. The minimum atomic E-state index is -5.26. The van der Waals surface area contributed by atoms with E-state index in [1.54, 1.807) is 0 Å². The summed E-state index contributed by atoms with van der Waals surface area (Å²) in [5.41, 5.74) is -3.48. The average molecular weight is 522 g/mol. The van der Waals surface area contributed by atoms with E-state index in [9.17, 15) is 61.5 Å². The molecule has 0 amide bonds. The summed E-state index contributed by atoms with van der Waals surface area (Å²) in [5.74, 6) is -35.3. The summed E-state index contributed by atoms with van der Waals surface area (Å²) in [6.45, 7) is -8.26. The van der Waals surface area contributed by atoms with E-state index >= 15 is 0 Å². The van der Waals surface area contributed by atoms with Gasteiger partial charge in [0, 0.05) is 0 Å². The van der Waals surface area contributed by atoms with Crippen molar-refractivity contribution in [3.8, 4) is 0 Å². The Morgan fingerprint density at radius 1 is 0.382 bits per heavy atom. The molecule has 0 aromatic heterocycles. The lowest BCUT2D eigenvalue weighted by molar-refractivity contribution is -0.254. The van der Waals surface area contributed by atoms with Crippen molar-refractivity contribution in [2.24, 2.45) is 0 Å². The zero-order chi connectivity index (χ0) is 26.2. The smallest absolute Gasteiger partial charge is 0.335 e. The van der Waals surface area contributed by atoms with Crippen LogP contribution in [0.15, 0.2) is 0 Å². The highest BCUT2D eigenvalue weighted by Gasteiger charge is 2.56. The SMILES string of the molecule is Fc1c(F)c(F)c(COCC(F)(F)C(F)(F)COCc2c(F)c(F)c(F)c(F)c2F)c(F)c1F. The predicted octanol–water partition coefficient (Wildman–Crippen LogP) is 6.08. The molecule has 0 atom stereocenters. The molecule has 0 unspecified atom stereocenters. The van der Waals surface area contributed by atoms with Crippen LogP contribution in [0.4, 0.5) is 61.5 Å². The first-order valence-electron chi connectivity index (χ1n) is 8.46. The first kappa shape index (κ1) is 27.6. The molecule has 0 aliphatic carbocycles.